The lowest BCUT2D eigenvalue weighted by molar-refractivity contribution is 0.0599. The van der Waals surface area contributed by atoms with Gasteiger partial charge in [-0.05, 0) is 38.0 Å². The summed E-state index contributed by atoms with van der Waals surface area (Å²) in [7, 11) is 0. The zero-order valence-corrected chi connectivity index (χ0v) is 12.4. The van der Waals surface area contributed by atoms with Gasteiger partial charge in [-0.3, -0.25) is 4.68 Å². The molecule has 0 spiro atoms. The van der Waals surface area contributed by atoms with Crippen LogP contribution in [-0.2, 0) is 16.7 Å². The molecule has 1 aromatic rings. The average Bonchev–Trinajstić information content (AvgIpc) is 2.54. The molecule has 0 aromatic carbocycles. The number of rotatable bonds is 2. The summed E-state index contributed by atoms with van der Waals surface area (Å²) in [6.07, 6.45) is 2.34. The molecule has 2 rings (SSSR count). The van der Waals surface area contributed by atoms with Gasteiger partial charge in [0.15, 0.2) is 0 Å². The molecule has 1 saturated heterocycles. The molecule has 2 heterocycles. The number of aromatic nitrogens is 2. The van der Waals surface area contributed by atoms with Crippen molar-refractivity contribution in [3.05, 3.63) is 17.0 Å². The zero-order chi connectivity index (χ0) is 13.3. The molecular weight excluding hydrogens is 224 g/mol. The Morgan fingerprint density at radius 1 is 1.22 bits per heavy atom. The van der Waals surface area contributed by atoms with Crippen molar-refractivity contribution >= 4 is 0 Å². The van der Waals surface area contributed by atoms with Crippen LogP contribution in [0.1, 0.15) is 50.6 Å². The van der Waals surface area contributed by atoms with Gasteiger partial charge < -0.3 is 4.74 Å². The highest BCUT2D eigenvalue weighted by Crippen LogP contribution is 2.29. The third kappa shape index (κ3) is 2.77. The van der Waals surface area contributed by atoms with E-state index in [9.17, 15) is 0 Å². The van der Waals surface area contributed by atoms with Gasteiger partial charge in [0.05, 0.1) is 5.69 Å². The Bertz CT molecular complexity index is 409. The minimum absolute atomic E-state index is 0.183. The smallest absolute Gasteiger partial charge is 0.0633 e. The zero-order valence-electron chi connectivity index (χ0n) is 12.4. The van der Waals surface area contributed by atoms with E-state index in [0.29, 0.717) is 0 Å². The standard InChI is InChI=1S/C15H26N2O/c1-11-14(15(3,4)5)12(2)17(16-11)10-13-6-8-18-9-7-13/h13H,6-10H2,1-5H3. The van der Waals surface area contributed by atoms with E-state index in [1.165, 1.54) is 29.8 Å². The van der Waals surface area contributed by atoms with E-state index in [2.05, 4.69) is 39.3 Å². The van der Waals surface area contributed by atoms with E-state index >= 15 is 0 Å². The molecule has 0 bridgehead atoms. The largest absolute Gasteiger partial charge is 0.381 e. The predicted octanol–water partition coefficient (Wildman–Crippen LogP) is 3.22. The van der Waals surface area contributed by atoms with Crippen molar-refractivity contribution in [3.8, 4) is 0 Å². The average molecular weight is 250 g/mol. The van der Waals surface area contributed by atoms with E-state index < -0.39 is 0 Å². The summed E-state index contributed by atoms with van der Waals surface area (Å²) in [5.74, 6) is 0.726. The molecule has 1 aliphatic rings. The Labute approximate surface area is 111 Å². The molecule has 0 amide bonds. The fourth-order valence-corrected chi connectivity index (χ4v) is 3.13. The fraction of sp³-hybridized carbons (Fsp3) is 0.800. The summed E-state index contributed by atoms with van der Waals surface area (Å²) in [5, 5.41) is 4.75. The van der Waals surface area contributed by atoms with Gasteiger partial charge in [-0.25, -0.2) is 0 Å². The van der Waals surface area contributed by atoms with Crippen molar-refractivity contribution in [1.29, 1.82) is 0 Å². The van der Waals surface area contributed by atoms with E-state index in [4.69, 9.17) is 9.84 Å². The van der Waals surface area contributed by atoms with E-state index in [0.717, 1.165) is 25.7 Å². The van der Waals surface area contributed by atoms with Crippen molar-refractivity contribution < 1.29 is 4.74 Å². The Balaban J connectivity index is 2.19. The molecule has 0 atom stereocenters. The van der Waals surface area contributed by atoms with E-state index in [1.807, 2.05) is 0 Å². The quantitative estimate of drug-likeness (QED) is 0.806. The van der Waals surface area contributed by atoms with Gasteiger partial charge in [-0.2, -0.15) is 5.10 Å². The summed E-state index contributed by atoms with van der Waals surface area (Å²) in [6, 6.07) is 0. The van der Waals surface area contributed by atoms with Gasteiger partial charge >= 0.3 is 0 Å². The van der Waals surface area contributed by atoms with Crippen LogP contribution in [0.5, 0.6) is 0 Å². The highest BCUT2D eigenvalue weighted by Gasteiger charge is 2.24. The lowest BCUT2D eigenvalue weighted by Gasteiger charge is -2.23. The molecular formula is C15H26N2O. The maximum Gasteiger partial charge on any atom is 0.0633 e. The second kappa shape index (κ2) is 5.04. The summed E-state index contributed by atoms with van der Waals surface area (Å²) >= 11 is 0. The summed E-state index contributed by atoms with van der Waals surface area (Å²) in [4.78, 5) is 0. The van der Waals surface area contributed by atoms with Gasteiger partial charge in [0.1, 0.15) is 0 Å². The number of nitrogens with zero attached hydrogens (tertiary/aromatic N) is 2. The number of ether oxygens (including phenoxy) is 1. The number of hydrogen-bond donors (Lipinski definition) is 0. The first-order valence-corrected chi connectivity index (χ1v) is 7.02. The molecule has 1 fully saturated rings. The Morgan fingerprint density at radius 2 is 1.83 bits per heavy atom. The van der Waals surface area contributed by atoms with Crippen LogP contribution in [0, 0.1) is 19.8 Å². The predicted molar refractivity (Wildman–Crippen MR) is 73.9 cm³/mol. The Kier molecular flexibility index (Phi) is 3.81. The molecule has 3 nitrogen and oxygen atoms in total. The fourth-order valence-electron chi connectivity index (χ4n) is 3.13. The first-order valence-electron chi connectivity index (χ1n) is 7.02. The van der Waals surface area contributed by atoms with E-state index in [-0.39, 0.29) is 5.41 Å². The van der Waals surface area contributed by atoms with Gasteiger partial charge in [0.2, 0.25) is 0 Å². The minimum atomic E-state index is 0.183. The minimum Gasteiger partial charge on any atom is -0.381 e. The summed E-state index contributed by atoms with van der Waals surface area (Å²) in [5.41, 5.74) is 4.12. The summed E-state index contributed by atoms with van der Waals surface area (Å²) < 4.78 is 7.64. The normalized spacial score (nSPS) is 18.3. The second-order valence-electron chi connectivity index (χ2n) is 6.53. The first-order chi connectivity index (χ1) is 8.39. The van der Waals surface area contributed by atoms with Crippen molar-refractivity contribution in [2.24, 2.45) is 5.92 Å². The molecule has 3 heteroatoms. The molecule has 0 N–H and O–H groups in total. The number of hydrogen-bond acceptors (Lipinski definition) is 2. The van der Waals surface area contributed by atoms with Gasteiger partial charge in [-0.1, -0.05) is 20.8 Å². The molecule has 0 aliphatic carbocycles. The lowest BCUT2D eigenvalue weighted by Crippen LogP contribution is -2.22. The Hall–Kier alpha value is -0.830. The van der Waals surface area contributed by atoms with Crippen LogP contribution in [0.4, 0.5) is 0 Å². The molecule has 0 unspecified atom stereocenters. The highest BCUT2D eigenvalue weighted by atomic mass is 16.5. The van der Waals surface area contributed by atoms with Crippen LogP contribution in [0.25, 0.3) is 0 Å². The van der Waals surface area contributed by atoms with Crippen molar-refractivity contribution in [2.45, 2.75) is 59.4 Å². The third-order valence-corrected chi connectivity index (χ3v) is 3.90. The second-order valence-corrected chi connectivity index (χ2v) is 6.53. The highest BCUT2D eigenvalue weighted by molar-refractivity contribution is 5.31. The van der Waals surface area contributed by atoms with Crippen molar-refractivity contribution in [1.82, 2.24) is 9.78 Å². The van der Waals surface area contributed by atoms with Crippen LogP contribution in [0.3, 0.4) is 0 Å². The summed E-state index contributed by atoms with van der Waals surface area (Å²) in [6.45, 7) is 14.0. The Morgan fingerprint density at radius 3 is 2.33 bits per heavy atom. The topological polar surface area (TPSA) is 27.1 Å². The van der Waals surface area contributed by atoms with E-state index in [1.54, 1.807) is 0 Å². The lowest BCUT2D eigenvalue weighted by atomic mass is 9.85. The van der Waals surface area contributed by atoms with Gasteiger partial charge in [0.25, 0.3) is 0 Å². The molecule has 0 radical (unpaired) electrons. The van der Waals surface area contributed by atoms with Crippen molar-refractivity contribution in [3.63, 3.8) is 0 Å². The molecule has 1 aliphatic heterocycles. The monoisotopic (exact) mass is 250 g/mol. The molecule has 18 heavy (non-hydrogen) atoms. The SMILES string of the molecule is Cc1nn(CC2CCOCC2)c(C)c1C(C)(C)C. The molecule has 1 aromatic heterocycles. The van der Waals surface area contributed by atoms with Crippen LogP contribution in [0.2, 0.25) is 0 Å². The van der Waals surface area contributed by atoms with Crippen LogP contribution < -0.4 is 0 Å². The van der Waals surface area contributed by atoms with Crippen LogP contribution >= 0.6 is 0 Å². The maximum absolute atomic E-state index is 5.42. The first kappa shape index (κ1) is 13.6. The maximum atomic E-state index is 5.42. The number of aryl methyl sites for hydroxylation is 1. The van der Waals surface area contributed by atoms with Gasteiger partial charge in [0, 0.05) is 31.0 Å². The third-order valence-electron chi connectivity index (χ3n) is 3.90. The molecule has 102 valence electrons. The van der Waals surface area contributed by atoms with Crippen LogP contribution in [0.15, 0.2) is 0 Å². The van der Waals surface area contributed by atoms with Crippen molar-refractivity contribution in [2.75, 3.05) is 13.2 Å². The van der Waals surface area contributed by atoms with Crippen LogP contribution in [-0.4, -0.2) is 23.0 Å². The van der Waals surface area contributed by atoms with Gasteiger partial charge in [-0.15, -0.1) is 0 Å². The molecule has 0 saturated carbocycles.